The normalized spacial score (nSPS) is 20.7. The second-order valence-corrected chi connectivity index (χ2v) is 7.98. The number of ether oxygens (including phenoxy) is 1. The largest absolute Gasteiger partial charge is 0.448 e. The molecule has 1 N–H and O–H groups in total. The molecule has 1 saturated carbocycles. The highest BCUT2D eigenvalue weighted by molar-refractivity contribution is 5.98. The molecule has 1 aromatic carbocycles. The first-order chi connectivity index (χ1) is 13.5. The van der Waals surface area contributed by atoms with Gasteiger partial charge < -0.3 is 19.9 Å². The SMILES string of the molecule is Cc1ccc(C(=O)N2CCC(N3CCOC3=O)CC2)cc1NC(=O)C1CCC1. The molecular weight excluding hydrogens is 358 g/mol. The third kappa shape index (κ3) is 3.70. The van der Waals surface area contributed by atoms with Gasteiger partial charge in [0.15, 0.2) is 0 Å². The molecule has 3 fully saturated rings. The molecule has 2 saturated heterocycles. The molecule has 2 heterocycles. The standard InChI is InChI=1S/C21H27N3O4/c1-14-5-6-16(13-18(14)22-19(25)15-3-2-4-15)20(26)23-9-7-17(8-10-23)24-11-12-28-21(24)27/h5-6,13,15,17H,2-4,7-12H2,1H3,(H,22,25). The molecule has 7 nitrogen and oxygen atoms in total. The van der Waals surface area contributed by atoms with Crippen LogP contribution in [-0.4, -0.2) is 60.0 Å². The van der Waals surface area contributed by atoms with Gasteiger partial charge in [0.2, 0.25) is 5.91 Å². The van der Waals surface area contributed by atoms with Gasteiger partial charge in [0.05, 0.1) is 6.54 Å². The van der Waals surface area contributed by atoms with Crippen LogP contribution in [0.3, 0.4) is 0 Å². The summed E-state index contributed by atoms with van der Waals surface area (Å²) >= 11 is 0. The van der Waals surface area contributed by atoms with E-state index in [0.29, 0.717) is 31.8 Å². The summed E-state index contributed by atoms with van der Waals surface area (Å²) in [5.41, 5.74) is 2.27. The smallest absolute Gasteiger partial charge is 0.410 e. The van der Waals surface area contributed by atoms with Gasteiger partial charge in [-0.25, -0.2) is 4.79 Å². The van der Waals surface area contributed by atoms with Crippen LogP contribution in [0.25, 0.3) is 0 Å². The molecule has 2 aliphatic heterocycles. The minimum atomic E-state index is -0.241. The van der Waals surface area contributed by atoms with Gasteiger partial charge in [-0.1, -0.05) is 12.5 Å². The van der Waals surface area contributed by atoms with Crippen LogP contribution in [0.5, 0.6) is 0 Å². The van der Waals surface area contributed by atoms with E-state index in [-0.39, 0.29) is 29.9 Å². The van der Waals surface area contributed by atoms with Crippen molar-refractivity contribution in [3.8, 4) is 0 Å². The van der Waals surface area contributed by atoms with Gasteiger partial charge in [0, 0.05) is 36.3 Å². The molecule has 0 atom stereocenters. The van der Waals surface area contributed by atoms with Gasteiger partial charge in [0.1, 0.15) is 6.61 Å². The molecule has 150 valence electrons. The monoisotopic (exact) mass is 385 g/mol. The van der Waals surface area contributed by atoms with Crippen molar-refractivity contribution in [1.29, 1.82) is 0 Å². The number of aryl methyl sites for hydroxylation is 1. The summed E-state index contributed by atoms with van der Waals surface area (Å²) in [6, 6.07) is 5.64. The maximum Gasteiger partial charge on any atom is 0.410 e. The van der Waals surface area contributed by atoms with Crippen LogP contribution in [0.2, 0.25) is 0 Å². The number of cyclic esters (lactones) is 1. The van der Waals surface area contributed by atoms with Crippen molar-refractivity contribution in [1.82, 2.24) is 9.80 Å². The van der Waals surface area contributed by atoms with E-state index < -0.39 is 0 Å². The van der Waals surface area contributed by atoms with Crippen LogP contribution < -0.4 is 5.32 Å². The summed E-state index contributed by atoms with van der Waals surface area (Å²) in [6.45, 7) is 4.26. The molecule has 0 bridgehead atoms. The van der Waals surface area contributed by atoms with Crippen molar-refractivity contribution in [2.24, 2.45) is 5.92 Å². The fourth-order valence-electron chi connectivity index (χ4n) is 4.10. The highest BCUT2D eigenvalue weighted by Gasteiger charge is 2.33. The molecule has 0 aromatic heterocycles. The number of hydrogen-bond acceptors (Lipinski definition) is 4. The minimum absolute atomic E-state index is 0.0263. The molecule has 0 unspecified atom stereocenters. The highest BCUT2D eigenvalue weighted by atomic mass is 16.6. The minimum Gasteiger partial charge on any atom is -0.448 e. The number of nitrogens with one attached hydrogen (secondary N) is 1. The van der Waals surface area contributed by atoms with Crippen LogP contribution in [0, 0.1) is 12.8 Å². The zero-order chi connectivity index (χ0) is 19.7. The lowest BCUT2D eigenvalue weighted by molar-refractivity contribution is -0.122. The predicted molar refractivity (Wildman–Crippen MR) is 104 cm³/mol. The average molecular weight is 385 g/mol. The average Bonchev–Trinajstić information content (AvgIpc) is 3.07. The number of anilines is 1. The summed E-state index contributed by atoms with van der Waals surface area (Å²) in [5.74, 6) is 0.133. The van der Waals surface area contributed by atoms with Crippen molar-refractivity contribution < 1.29 is 19.1 Å². The van der Waals surface area contributed by atoms with E-state index in [2.05, 4.69) is 5.32 Å². The number of piperidine rings is 1. The van der Waals surface area contributed by atoms with Crippen LogP contribution in [0.15, 0.2) is 18.2 Å². The van der Waals surface area contributed by atoms with Gasteiger partial charge in [-0.15, -0.1) is 0 Å². The Kier molecular flexibility index (Phi) is 5.24. The number of benzene rings is 1. The third-order valence-electron chi connectivity index (χ3n) is 6.20. The zero-order valence-corrected chi connectivity index (χ0v) is 16.3. The van der Waals surface area contributed by atoms with Crippen LogP contribution in [0.4, 0.5) is 10.5 Å². The Bertz CT molecular complexity index is 782. The van der Waals surface area contributed by atoms with Gasteiger partial charge in [-0.3, -0.25) is 9.59 Å². The van der Waals surface area contributed by atoms with E-state index in [0.717, 1.165) is 43.4 Å². The van der Waals surface area contributed by atoms with Crippen molar-refractivity contribution in [2.45, 2.75) is 45.1 Å². The summed E-state index contributed by atoms with van der Waals surface area (Å²) in [6.07, 6.45) is 4.29. The quantitative estimate of drug-likeness (QED) is 0.864. The van der Waals surface area contributed by atoms with Crippen LogP contribution in [-0.2, 0) is 9.53 Å². The molecular formula is C21H27N3O4. The van der Waals surface area contributed by atoms with Gasteiger partial charge in [-0.05, 0) is 50.3 Å². The van der Waals surface area contributed by atoms with E-state index in [1.54, 1.807) is 11.0 Å². The first-order valence-electron chi connectivity index (χ1n) is 10.2. The van der Waals surface area contributed by atoms with E-state index in [9.17, 15) is 14.4 Å². The van der Waals surface area contributed by atoms with Crippen molar-refractivity contribution >= 4 is 23.6 Å². The fraction of sp³-hybridized carbons (Fsp3) is 0.571. The number of nitrogens with zero attached hydrogens (tertiary/aromatic N) is 2. The Morgan fingerprint density at radius 2 is 1.86 bits per heavy atom. The lowest BCUT2D eigenvalue weighted by atomic mass is 9.84. The van der Waals surface area contributed by atoms with Crippen molar-refractivity contribution in [3.63, 3.8) is 0 Å². The molecule has 0 radical (unpaired) electrons. The molecule has 4 rings (SSSR count). The maximum absolute atomic E-state index is 13.0. The summed E-state index contributed by atoms with van der Waals surface area (Å²) < 4.78 is 5.02. The molecule has 28 heavy (non-hydrogen) atoms. The second-order valence-electron chi connectivity index (χ2n) is 7.98. The maximum atomic E-state index is 13.0. The van der Waals surface area contributed by atoms with Gasteiger partial charge >= 0.3 is 6.09 Å². The number of likely N-dealkylation sites (tertiary alicyclic amines) is 1. The number of rotatable bonds is 4. The first-order valence-corrected chi connectivity index (χ1v) is 10.2. The number of hydrogen-bond donors (Lipinski definition) is 1. The lowest BCUT2D eigenvalue weighted by Gasteiger charge is -2.35. The van der Waals surface area contributed by atoms with E-state index >= 15 is 0 Å². The zero-order valence-electron chi connectivity index (χ0n) is 16.3. The molecule has 0 spiro atoms. The number of carbonyl (C=O) groups excluding carboxylic acids is 3. The Morgan fingerprint density at radius 3 is 2.46 bits per heavy atom. The first kappa shape index (κ1) is 18.8. The van der Waals surface area contributed by atoms with Crippen molar-refractivity contribution in [2.75, 3.05) is 31.6 Å². The Hall–Kier alpha value is -2.57. The highest BCUT2D eigenvalue weighted by Crippen LogP contribution is 2.29. The number of amides is 3. The summed E-state index contributed by atoms with van der Waals surface area (Å²) in [4.78, 5) is 40.6. The van der Waals surface area contributed by atoms with Crippen LogP contribution in [0.1, 0.15) is 48.0 Å². The Balaban J connectivity index is 1.38. The van der Waals surface area contributed by atoms with Gasteiger partial charge in [0.25, 0.3) is 5.91 Å². The third-order valence-corrected chi connectivity index (χ3v) is 6.20. The molecule has 7 heteroatoms. The van der Waals surface area contributed by atoms with E-state index in [4.69, 9.17) is 4.74 Å². The van der Waals surface area contributed by atoms with Gasteiger partial charge in [-0.2, -0.15) is 0 Å². The lowest BCUT2D eigenvalue weighted by Crippen LogP contribution is -2.47. The van der Waals surface area contributed by atoms with Crippen LogP contribution >= 0.6 is 0 Å². The Morgan fingerprint density at radius 1 is 1.11 bits per heavy atom. The summed E-state index contributed by atoms with van der Waals surface area (Å²) in [7, 11) is 0. The van der Waals surface area contributed by atoms with Crippen molar-refractivity contribution in [3.05, 3.63) is 29.3 Å². The topological polar surface area (TPSA) is 79.0 Å². The van der Waals surface area contributed by atoms with E-state index in [1.807, 2.05) is 24.0 Å². The molecule has 3 amide bonds. The number of carbonyl (C=O) groups is 3. The summed E-state index contributed by atoms with van der Waals surface area (Å²) in [5, 5.41) is 2.99. The molecule has 1 aromatic rings. The fourth-order valence-corrected chi connectivity index (χ4v) is 4.10. The Labute approximate surface area is 165 Å². The molecule has 1 aliphatic carbocycles. The predicted octanol–water partition coefficient (Wildman–Crippen LogP) is 2.79. The second kappa shape index (κ2) is 7.81. The van der Waals surface area contributed by atoms with E-state index in [1.165, 1.54) is 0 Å². The molecule has 3 aliphatic rings.